The van der Waals surface area contributed by atoms with Crippen LogP contribution in [0.25, 0.3) is 0 Å². The van der Waals surface area contributed by atoms with E-state index in [9.17, 15) is 0 Å². The SMILES string of the molecule is CCCCCCCCC(CC1(C)COC1)C(C)(OCCC)OCCC. The molecule has 0 N–H and O–H groups in total. The summed E-state index contributed by atoms with van der Waals surface area (Å²) < 4.78 is 18.1. The summed E-state index contributed by atoms with van der Waals surface area (Å²) in [7, 11) is 0. The van der Waals surface area contributed by atoms with E-state index < -0.39 is 5.79 Å². The van der Waals surface area contributed by atoms with Crippen LogP contribution >= 0.6 is 0 Å². The summed E-state index contributed by atoms with van der Waals surface area (Å²) in [5.74, 6) is -0.000659. The first-order chi connectivity index (χ1) is 12.0. The van der Waals surface area contributed by atoms with Crippen LogP contribution in [0, 0.1) is 11.3 Å². The Labute approximate surface area is 157 Å². The van der Waals surface area contributed by atoms with Crippen molar-refractivity contribution in [3.63, 3.8) is 0 Å². The molecule has 1 unspecified atom stereocenters. The van der Waals surface area contributed by atoms with E-state index >= 15 is 0 Å². The molecule has 0 aromatic carbocycles. The molecule has 0 aromatic rings. The highest BCUT2D eigenvalue weighted by Crippen LogP contribution is 2.41. The average molecular weight is 357 g/mol. The van der Waals surface area contributed by atoms with Gasteiger partial charge in [0.2, 0.25) is 0 Å². The number of unbranched alkanes of at least 4 members (excludes halogenated alkanes) is 5. The van der Waals surface area contributed by atoms with Crippen LogP contribution in [-0.2, 0) is 14.2 Å². The highest BCUT2D eigenvalue weighted by atomic mass is 16.7. The zero-order chi connectivity index (χ0) is 18.6. The van der Waals surface area contributed by atoms with Crippen molar-refractivity contribution in [2.24, 2.45) is 11.3 Å². The minimum Gasteiger partial charge on any atom is -0.380 e. The molecular formula is C22H44O3. The minimum absolute atomic E-state index is 0.305. The maximum atomic E-state index is 6.29. The van der Waals surface area contributed by atoms with Gasteiger partial charge in [0.25, 0.3) is 0 Å². The first-order valence-electron chi connectivity index (χ1n) is 10.9. The van der Waals surface area contributed by atoms with Gasteiger partial charge in [-0.1, -0.05) is 66.2 Å². The molecule has 1 aliphatic rings. The van der Waals surface area contributed by atoms with Gasteiger partial charge in [-0.2, -0.15) is 0 Å². The lowest BCUT2D eigenvalue weighted by Crippen LogP contribution is -2.48. The largest absolute Gasteiger partial charge is 0.380 e. The average Bonchev–Trinajstić information content (AvgIpc) is 2.58. The molecule has 3 nitrogen and oxygen atoms in total. The van der Waals surface area contributed by atoms with Crippen molar-refractivity contribution in [1.29, 1.82) is 0 Å². The third-order valence-corrected chi connectivity index (χ3v) is 5.47. The molecule has 0 bridgehead atoms. The Balaban J connectivity index is 2.63. The second-order valence-electron chi connectivity index (χ2n) is 8.47. The molecule has 0 amide bonds. The van der Waals surface area contributed by atoms with Crippen molar-refractivity contribution in [1.82, 2.24) is 0 Å². The standard InChI is InChI=1S/C22H44O3/c1-6-9-10-11-12-13-14-20(17-21(4)18-23-19-21)22(5,24-15-7-2)25-16-8-3/h20H,6-19H2,1-5H3. The van der Waals surface area contributed by atoms with Gasteiger partial charge in [0.05, 0.1) is 13.2 Å². The third-order valence-electron chi connectivity index (χ3n) is 5.47. The van der Waals surface area contributed by atoms with Crippen LogP contribution in [0.15, 0.2) is 0 Å². The van der Waals surface area contributed by atoms with Gasteiger partial charge >= 0.3 is 0 Å². The Morgan fingerprint density at radius 1 is 0.880 bits per heavy atom. The first-order valence-corrected chi connectivity index (χ1v) is 10.9. The van der Waals surface area contributed by atoms with Crippen molar-refractivity contribution in [2.45, 2.75) is 105 Å². The number of hydrogen-bond donors (Lipinski definition) is 0. The van der Waals surface area contributed by atoms with E-state index in [0.717, 1.165) is 45.7 Å². The lowest BCUT2D eigenvalue weighted by atomic mass is 9.75. The van der Waals surface area contributed by atoms with E-state index in [1.54, 1.807) is 0 Å². The Morgan fingerprint density at radius 2 is 1.44 bits per heavy atom. The Morgan fingerprint density at radius 3 is 1.92 bits per heavy atom. The molecule has 0 saturated carbocycles. The molecular weight excluding hydrogens is 312 g/mol. The Bertz CT molecular complexity index is 317. The predicted molar refractivity (Wildman–Crippen MR) is 106 cm³/mol. The van der Waals surface area contributed by atoms with Crippen LogP contribution in [-0.4, -0.2) is 32.2 Å². The predicted octanol–water partition coefficient (Wildman–Crippen LogP) is 6.35. The molecule has 0 aliphatic carbocycles. The third kappa shape index (κ3) is 8.41. The fraction of sp³-hybridized carbons (Fsp3) is 1.00. The molecule has 0 radical (unpaired) electrons. The quantitative estimate of drug-likeness (QED) is 0.238. The number of ether oxygens (including phenoxy) is 3. The first kappa shape index (κ1) is 22.9. The van der Waals surface area contributed by atoms with Crippen molar-refractivity contribution < 1.29 is 14.2 Å². The zero-order valence-corrected chi connectivity index (χ0v) is 17.7. The van der Waals surface area contributed by atoms with Crippen molar-refractivity contribution >= 4 is 0 Å². The summed E-state index contributed by atoms with van der Waals surface area (Å²) in [4.78, 5) is 0. The summed E-state index contributed by atoms with van der Waals surface area (Å²) in [5, 5.41) is 0. The molecule has 0 spiro atoms. The van der Waals surface area contributed by atoms with Crippen LogP contribution in [0.3, 0.4) is 0 Å². The molecule has 1 heterocycles. The van der Waals surface area contributed by atoms with E-state index in [1.807, 2.05) is 0 Å². The van der Waals surface area contributed by atoms with Gasteiger partial charge in [0, 0.05) is 24.5 Å². The van der Waals surface area contributed by atoms with Gasteiger partial charge in [0.15, 0.2) is 5.79 Å². The van der Waals surface area contributed by atoms with Crippen LogP contribution in [0.4, 0.5) is 0 Å². The molecule has 25 heavy (non-hydrogen) atoms. The van der Waals surface area contributed by atoms with Crippen LogP contribution < -0.4 is 0 Å². The fourth-order valence-corrected chi connectivity index (χ4v) is 3.77. The molecule has 1 fully saturated rings. The van der Waals surface area contributed by atoms with Crippen molar-refractivity contribution in [3.05, 3.63) is 0 Å². The molecule has 3 heteroatoms. The van der Waals surface area contributed by atoms with Crippen LogP contribution in [0.1, 0.15) is 98.8 Å². The van der Waals surface area contributed by atoms with Crippen LogP contribution in [0.5, 0.6) is 0 Å². The van der Waals surface area contributed by atoms with Gasteiger partial charge in [-0.15, -0.1) is 0 Å². The van der Waals surface area contributed by atoms with Crippen LogP contribution in [0.2, 0.25) is 0 Å². The van der Waals surface area contributed by atoms with E-state index in [0.29, 0.717) is 11.3 Å². The van der Waals surface area contributed by atoms with Gasteiger partial charge < -0.3 is 14.2 Å². The molecule has 150 valence electrons. The summed E-state index contributed by atoms with van der Waals surface area (Å²) >= 11 is 0. The smallest absolute Gasteiger partial charge is 0.168 e. The molecule has 1 rings (SSSR count). The monoisotopic (exact) mass is 356 g/mol. The second kappa shape index (κ2) is 12.3. The van der Waals surface area contributed by atoms with E-state index in [2.05, 4.69) is 34.6 Å². The zero-order valence-electron chi connectivity index (χ0n) is 17.7. The molecule has 1 saturated heterocycles. The molecule has 1 aliphatic heterocycles. The van der Waals surface area contributed by atoms with E-state index in [-0.39, 0.29) is 0 Å². The molecule has 0 aromatic heterocycles. The fourth-order valence-electron chi connectivity index (χ4n) is 3.77. The van der Waals surface area contributed by atoms with Gasteiger partial charge in [-0.05, 0) is 32.6 Å². The highest BCUT2D eigenvalue weighted by molar-refractivity contribution is 4.88. The van der Waals surface area contributed by atoms with Crippen molar-refractivity contribution in [2.75, 3.05) is 26.4 Å². The molecule has 1 atom stereocenters. The van der Waals surface area contributed by atoms with E-state index in [1.165, 1.54) is 44.9 Å². The summed E-state index contributed by atoms with van der Waals surface area (Å²) in [6.07, 6.45) is 12.5. The second-order valence-corrected chi connectivity index (χ2v) is 8.47. The lowest BCUT2D eigenvalue weighted by Gasteiger charge is -2.45. The number of hydrogen-bond acceptors (Lipinski definition) is 3. The summed E-state index contributed by atoms with van der Waals surface area (Å²) in [6, 6.07) is 0. The topological polar surface area (TPSA) is 27.7 Å². The van der Waals surface area contributed by atoms with Gasteiger partial charge in [0.1, 0.15) is 0 Å². The minimum atomic E-state index is -0.450. The lowest BCUT2D eigenvalue weighted by molar-refractivity contribution is -0.268. The van der Waals surface area contributed by atoms with Crippen molar-refractivity contribution in [3.8, 4) is 0 Å². The maximum absolute atomic E-state index is 6.29. The van der Waals surface area contributed by atoms with Gasteiger partial charge in [-0.3, -0.25) is 0 Å². The number of rotatable bonds is 16. The Kier molecular flexibility index (Phi) is 11.3. The Hall–Kier alpha value is -0.120. The summed E-state index contributed by atoms with van der Waals surface area (Å²) in [5.41, 5.74) is 0.305. The van der Waals surface area contributed by atoms with Gasteiger partial charge in [-0.25, -0.2) is 0 Å². The maximum Gasteiger partial charge on any atom is 0.168 e. The van der Waals surface area contributed by atoms with E-state index in [4.69, 9.17) is 14.2 Å². The summed E-state index contributed by atoms with van der Waals surface area (Å²) in [6.45, 7) is 14.5. The normalized spacial score (nSPS) is 18.1. The highest BCUT2D eigenvalue weighted by Gasteiger charge is 2.43.